The van der Waals surface area contributed by atoms with Crippen molar-refractivity contribution in [3.8, 4) is 0 Å². The van der Waals surface area contributed by atoms with Crippen LogP contribution in [0.4, 0.5) is 9.59 Å². The van der Waals surface area contributed by atoms with Crippen molar-refractivity contribution in [2.45, 2.75) is 141 Å². The third kappa shape index (κ3) is 8.25. The number of hydrogen-bond acceptors (Lipinski definition) is 8. The van der Waals surface area contributed by atoms with Crippen LogP contribution in [0.1, 0.15) is 103 Å². The minimum absolute atomic E-state index is 0.0604. The Kier molecular flexibility index (Phi) is 11.1. The molecule has 3 fully saturated rings. The van der Waals surface area contributed by atoms with Crippen molar-refractivity contribution in [3.05, 3.63) is 47.5 Å². The third-order valence-electron chi connectivity index (χ3n) is 11.6. The Hall–Kier alpha value is -4.14. The number of hydrogen-bond donors (Lipinski definition) is 3. The fraction of sp³-hybridized carbons (Fsp3) is 0.667. The Morgan fingerprint density at radius 3 is 2.41 bits per heavy atom. The van der Waals surface area contributed by atoms with Crippen molar-refractivity contribution in [1.29, 1.82) is 0 Å². The summed E-state index contributed by atoms with van der Waals surface area (Å²) in [6.07, 6.45) is 5.61. The van der Waals surface area contributed by atoms with Gasteiger partial charge in [-0.2, -0.15) is 0 Å². The van der Waals surface area contributed by atoms with E-state index in [1.807, 2.05) is 46.8 Å². The van der Waals surface area contributed by atoms with Gasteiger partial charge in [0.25, 0.3) is 5.91 Å². The number of sulfonamides is 1. The first kappa shape index (κ1) is 39.6. The molecule has 15 heteroatoms. The molecule has 3 heterocycles. The van der Waals surface area contributed by atoms with Crippen molar-refractivity contribution in [2.24, 2.45) is 11.3 Å². The Morgan fingerprint density at radius 2 is 1.76 bits per heavy atom. The van der Waals surface area contributed by atoms with Crippen LogP contribution in [0.5, 0.6) is 0 Å². The molecule has 0 spiro atoms. The van der Waals surface area contributed by atoms with Gasteiger partial charge in [0.1, 0.15) is 23.7 Å². The maximum atomic E-state index is 14.7. The van der Waals surface area contributed by atoms with Crippen molar-refractivity contribution in [3.63, 3.8) is 0 Å². The Balaban J connectivity index is 1.30. The minimum atomic E-state index is -3.91. The molecule has 14 nitrogen and oxygen atoms in total. The molecule has 3 N–H and O–H groups in total. The molecule has 3 aliphatic heterocycles. The predicted molar refractivity (Wildman–Crippen MR) is 201 cm³/mol. The summed E-state index contributed by atoms with van der Waals surface area (Å²) in [5.74, 6) is -2.60. The van der Waals surface area contributed by atoms with Crippen LogP contribution in [0.3, 0.4) is 0 Å². The van der Waals surface area contributed by atoms with E-state index in [2.05, 4.69) is 28.0 Å². The normalized spacial score (nSPS) is 28.3. The highest BCUT2D eigenvalue weighted by Gasteiger charge is 2.62. The Bertz CT molecular complexity index is 1790. The molecule has 4 bridgehead atoms. The number of ether oxygens (including phenoxy) is 1. The highest BCUT2D eigenvalue weighted by atomic mass is 32.2. The zero-order valence-corrected chi connectivity index (χ0v) is 33.0. The van der Waals surface area contributed by atoms with Gasteiger partial charge in [0, 0.05) is 38.0 Å². The summed E-state index contributed by atoms with van der Waals surface area (Å²) in [7, 11) is -3.91. The SMILES string of the molecule is C=C[C@H]1C[C@]1(NC(=O)[C@@H]1C[C@@H]2CN1C(=O)[C@H](C(C)(C)C)NC(=O)N(C(C)C)CCCCCCc1cccc3c1CN(C3)C(=O)O2)C(=O)NS(=O)(=O)C1CC1. The summed E-state index contributed by atoms with van der Waals surface area (Å²) < 4.78 is 33.6. The molecule has 6 amide bonds. The van der Waals surface area contributed by atoms with E-state index in [0.29, 0.717) is 32.5 Å². The minimum Gasteiger partial charge on any atom is -0.444 e. The summed E-state index contributed by atoms with van der Waals surface area (Å²) in [5.41, 5.74) is 1.03. The highest BCUT2D eigenvalue weighted by molar-refractivity contribution is 7.91. The zero-order valence-electron chi connectivity index (χ0n) is 32.2. The number of aryl methyl sites for hydroxylation is 1. The lowest BCUT2D eigenvalue weighted by molar-refractivity contribution is -0.142. The molecule has 1 aromatic carbocycles. The first-order valence-electron chi connectivity index (χ1n) is 19.4. The zero-order chi connectivity index (χ0) is 39.2. The van der Waals surface area contributed by atoms with Crippen molar-refractivity contribution in [1.82, 2.24) is 30.1 Å². The second kappa shape index (κ2) is 15.2. The van der Waals surface area contributed by atoms with Crippen molar-refractivity contribution >= 4 is 39.9 Å². The standard InChI is InChI=1S/C39H56N6O8S/c1-7-27-20-39(27,35(48)42-54(51,52)29-16-17-29)41-33(46)31-19-28-22-45(31)34(47)32(38(4,5)6)40-36(49)44(24(2)3)18-11-9-8-10-13-25-14-12-15-26-21-43(23-30(25)26)37(50)53-28/h7,12,14-15,24,27-29,31-32H,1,8-11,13,16-23H2,2-6H3,(H,40,49)(H,41,46)(H,42,48)/t27-,28+,31-,32+,39+/m0/s1. The smallest absolute Gasteiger partial charge is 0.410 e. The summed E-state index contributed by atoms with van der Waals surface area (Å²) >= 11 is 0. The van der Waals surface area contributed by atoms with Gasteiger partial charge < -0.3 is 25.2 Å². The number of nitrogens with zero attached hydrogens (tertiary/aromatic N) is 3. The first-order chi connectivity index (χ1) is 25.4. The maximum absolute atomic E-state index is 14.7. The van der Waals surface area contributed by atoms with E-state index in [1.54, 1.807) is 9.80 Å². The lowest BCUT2D eigenvalue weighted by atomic mass is 9.85. The molecular formula is C39H56N6O8S. The molecule has 2 saturated carbocycles. The number of fused-ring (bicyclic) bond motifs is 3. The molecule has 0 radical (unpaired) electrons. The van der Waals surface area contributed by atoms with E-state index < -0.39 is 80.2 Å². The molecule has 0 aromatic heterocycles. The molecule has 1 saturated heterocycles. The predicted octanol–water partition coefficient (Wildman–Crippen LogP) is 3.73. The van der Waals surface area contributed by atoms with Crippen LogP contribution in [0.15, 0.2) is 30.9 Å². The van der Waals surface area contributed by atoms with Gasteiger partial charge in [-0.3, -0.25) is 24.0 Å². The largest absolute Gasteiger partial charge is 0.444 e. The number of carbonyl (C=O) groups is 5. The van der Waals surface area contributed by atoms with Gasteiger partial charge in [-0.1, -0.05) is 57.9 Å². The molecule has 296 valence electrons. The Morgan fingerprint density at radius 1 is 1.06 bits per heavy atom. The summed E-state index contributed by atoms with van der Waals surface area (Å²) in [5, 5.41) is 5.12. The lowest BCUT2D eigenvalue weighted by Crippen LogP contribution is -2.61. The molecule has 54 heavy (non-hydrogen) atoms. The Labute approximate surface area is 318 Å². The topological polar surface area (TPSA) is 175 Å². The molecule has 0 unspecified atom stereocenters. The van der Waals surface area contributed by atoms with Crippen LogP contribution < -0.4 is 15.4 Å². The van der Waals surface area contributed by atoms with E-state index in [4.69, 9.17) is 4.74 Å². The number of benzene rings is 1. The molecule has 2 aliphatic carbocycles. The molecule has 1 aromatic rings. The van der Waals surface area contributed by atoms with Gasteiger partial charge >= 0.3 is 12.1 Å². The van der Waals surface area contributed by atoms with Crippen LogP contribution in [0, 0.1) is 11.3 Å². The first-order valence-corrected chi connectivity index (χ1v) is 20.9. The molecule has 6 rings (SSSR count). The average molecular weight is 769 g/mol. The van der Waals surface area contributed by atoms with Gasteiger partial charge in [-0.15, -0.1) is 6.58 Å². The fourth-order valence-electron chi connectivity index (χ4n) is 8.03. The summed E-state index contributed by atoms with van der Waals surface area (Å²) in [6.45, 7) is 14.3. The van der Waals surface area contributed by atoms with Gasteiger partial charge in [-0.25, -0.2) is 18.0 Å². The molecule has 5 aliphatic rings. The fourth-order valence-corrected chi connectivity index (χ4v) is 9.40. The second-order valence-electron chi connectivity index (χ2n) is 17.0. The van der Waals surface area contributed by atoms with Gasteiger partial charge in [0.15, 0.2) is 0 Å². The number of amides is 6. The van der Waals surface area contributed by atoms with E-state index in [0.717, 1.165) is 43.2 Å². The van der Waals surface area contributed by atoms with E-state index in [1.165, 1.54) is 16.5 Å². The number of nitrogens with one attached hydrogen (secondary N) is 3. The van der Waals surface area contributed by atoms with E-state index in [9.17, 15) is 32.4 Å². The van der Waals surface area contributed by atoms with Crippen molar-refractivity contribution in [2.75, 3.05) is 13.1 Å². The molecule has 5 atom stereocenters. The van der Waals surface area contributed by atoms with Crippen LogP contribution in [0.25, 0.3) is 0 Å². The van der Waals surface area contributed by atoms with Gasteiger partial charge in [0.2, 0.25) is 21.8 Å². The third-order valence-corrected chi connectivity index (χ3v) is 13.4. The quantitative estimate of drug-likeness (QED) is 0.352. The summed E-state index contributed by atoms with van der Waals surface area (Å²) in [4.78, 5) is 74.7. The molecular weight excluding hydrogens is 713 g/mol. The van der Waals surface area contributed by atoms with Crippen LogP contribution in [0.2, 0.25) is 0 Å². The van der Waals surface area contributed by atoms with Gasteiger partial charge in [0.05, 0.1) is 11.8 Å². The maximum Gasteiger partial charge on any atom is 0.410 e. The second-order valence-corrected chi connectivity index (χ2v) is 19.0. The number of rotatable bonds is 7. The van der Waals surface area contributed by atoms with Crippen LogP contribution in [-0.4, -0.2) is 101 Å². The number of carbonyl (C=O) groups excluding carboxylic acids is 5. The average Bonchev–Trinajstić information content (AvgIpc) is 3.99. The summed E-state index contributed by atoms with van der Waals surface area (Å²) in [6, 6.07) is 3.36. The van der Waals surface area contributed by atoms with Crippen LogP contribution >= 0.6 is 0 Å². The van der Waals surface area contributed by atoms with E-state index in [-0.39, 0.29) is 25.4 Å². The number of urea groups is 1. The lowest BCUT2D eigenvalue weighted by Gasteiger charge is -2.37. The van der Waals surface area contributed by atoms with Crippen molar-refractivity contribution < 1.29 is 37.1 Å². The van der Waals surface area contributed by atoms with E-state index >= 15 is 0 Å². The monoisotopic (exact) mass is 768 g/mol. The van der Waals surface area contributed by atoms with Crippen LogP contribution in [-0.2, 0) is 48.7 Å². The highest BCUT2D eigenvalue weighted by Crippen LogP contribution is 2.45. The van der Waals surface area contributed by atoms with Gasteiger partial charge in [-0.05, 0) is 74.5 Å².